The fraction of sp³-hybridized carbons (Fsp3) is 0.316. The summed E-state index contributed by atoms with van der Waals surface area (Å²) in [6.07, 6.45) is 4.29. The monoisotopic (exact) mass is 323 g/mol. The molecule has 1 saturated carbocycles. The van der Waals surface area contributed by atoms with Crippen LogP contribution in [0, 0.1) is 0 Å². The highest BCUT2D eigenvalue weighted by molar-refractivity contribution is 5.88. The molecule has 124 valence electrons. The zero-order valence-electron chi connectivity index (χ0n) is 13.4. The molecule has 1 heterocycles. The van der Waals surface area contributed by atoms with Gasteiger partial charge in [0.05, 0.1) is 12.5 Å². The Morgan fingerprint density at radius 2 is 1.83 bits per heavy atom. The molecule has 3 rings (SSSR count). The first-order chi connectivity index (χ1) is 11.7. The number of benzene rings is 1. The molecule has 0 bridgehead atoms. The van der Waals surface area contributed by atoms with Crippen LogP contribution in [0.4, 0.5) is 0 Å². The number of carbonyl (C=O) groups is 2. The van der Waals surface area contributed by atoms with E-state index in [1.54, 1.807) is 6.20 Å². The number of hydrogen-bond acceptors (Lipinski definition) is 3. The molecule has 0 aliphatic heterocycles. The largest absolute Gasteiger partial charge is 0.352 e. The first-order valence-electron chi connectivity index (χ1n) is 8.24. The number of amides is 2. The summed E-state index contributed by atoms with van der Waals surface area (Å²) in [6.45, 7) is 0.0148. The van der Waals surface area contributed by atoms with Crippen LogP contribution < -0.4 is 10.6 Å². The molecule has 0 radical (unpaired) electrons. The van der Waals surface area contributed by atoms with Crippen molar-refractivity contribution in [2.75, 3.05) is 6.54 Å². The molecular formula is C19H21N3O2. The zero-order valence-corrected chi connectivity index (χ0v) is 13.4. The Labute approximate surface area is 141 Å². The molecule has 0 spiro atoms. The van der Waals surface area contributed by atoms with Gasteiger partial charge in [-0.15, -0.1) is 0 Å². The van der Waals surface area contributed by atoms with E-state index in [1.807, 2.05) is 48.5 Å². The molecule has 5 nitrogen and oxygen atoms in total. The van der Waals surface area contributed by atoms with Gasteiger partial charge in [0.15, 0.2) is 0 Å². The zero-order chi connectivity index (χ0) is 16.8. The molecule has 1 fully saturated rings. The van der Waals surface area contributed by atoms with E-state index in [4.69, 9.17) is 0 Å². The highest BCUT2D eigenvalue weighted by Gasteiger charge is 2.25. The van der Waals surface area contributed by atoms with Gasteiger partial charge in [0, 0.05) is 24.4 Å². The number of aromatic nitrogens is 1. The minimum Gasteiger partial charge on any atom is -0.352 e. The predicted molar refractivity (Wildman–Crippen MR) is 91.3 cm³/mol. The number of hydrogen-bond donors (Lipinski definition) is 2. The quantitative estimate of drug-likeness (QED) is 0.816. The SMILES string of the molecule is O=C(CNC(=O)C(Cc1ccccn1)c1ccccc1)NC1CC1. The molecule has 2 N–H and O–H groups in total. The second-order valence-electron chi connectivity index (χ2n) is 6.05. The van der Waals surface area contributed by atoms with Gasteiger partial charge in [-0.1, -0.05) is 36.4 Å². The highest BCUT2D eigenvalue weighted by atomic mass is 16.2. The van der Waals surface area contributed by atoms with Gasteiger partial charge < -0.3 is 10.6 Å². The summed E-state index contributed by atoms with van der Waals surface area (Å²) in [5, 5.41) is 5.63. The number of pyridine rings is 1. The normalized spacial score (nSPS) is 14.7. The lowest BCUT2D eigenvalue weighted by atomic mass is 9.93. The van der Waals surface area contributed by atoms with Crippen LogP contribution in [0.25, 0.3) is 0 Å². The lowest BCUT2D eigenvalue weighted by Gasteiger charge is -2.17. The number of nitrogens with one attached hydrogen (secondary N) is 2. The maximum absolute atomic E-state index is 12.6. The van der Waals surface area contributed by atoms with Gasteiger partial charge in [-0.3, -0.25) is 14.6 Å². The van der Waals surface area contributed by atoms with Gasteiger partial charge in [-0.25, -0.2) is 0 Å². The van der Waals surface area contributed by atoms with Crippen molar-refractivity contribution in [3.05, 3.63) is 66.0 Å². The first kappa shape index (κ1) is 16.2. The van der Waals surface area contributed by atoms with Crippen LogP contribution >= 0.6 is 0 Å². The number of nitrogens with zero attached hydrogens (tertiary/aromatic N) is 1. The lowest BCUT2D eigenvalue weighted by molar-refractivity contribution is -0.127. The third-order valence-corrected chi connectivity index (χ3v) is 4.02. The molecule has 24 heavy (non-hydrogen) atoms. The molecule has 0 saturated heterocycles. The maximum Gasteiger partial charge on any atom is 0.239 e. The predicted octanol–water partition coefficient (Wildman–Crippen LogP) is 1.80. The van der Waals surface area contributed by atoms with Crippen molar-refractivity contribution in [3.8, 4) is 0 Å². The second kappa shape index (κ2) is 7.73. The Balaban J connectivity index is 1.66. The van der Waals surface area contributed by atoms with E-state index in [9.17, 15) is 9.59 Å². The maximum atomic E-state index is 12.6. The third kappa shape index (κ3) is 4.65. The van der Waals surface area contributed by atoms with E-state index >= 15 is 0 Å². The Kier molecular flexibility index (Phi) is 5.21. The molecule has 1 aromatic heterocycles. The molecule has 1 aromatic carbocycles. The average Bonchev–Trinajstić information content (AvgIpc) is 3.43. The average molecular weight is 323 g/mol. The van der Waals surface area contributed by atoms with Crippen molar-refractivity contribution in [3.63, 3.8) is 0 Å². The minimum atomic E-state index is -0.366. The van der Waals surface area contributed by atoms with Crippen molar-refractivity contribution < 1.29 is 9.59 Å². The molecule has 2 aromatic rings. The van der Waals surface area contributed by atoms with Crippen LogP contribution in [-0.2, 0) is 16.0 Å². The number of rotatable bonds is 7. The van der Waals surface area contributed by atoms with Crippen LogP contribution in [0.15, 0.2) is 54.7 Å². The van der Waals surface area contributed by atoms with Crippen LogP contribution in [0.3, 0.4) is 0 Å². The molecule has 1 aliphatic rings. The molecule has 1 atom stereocenters. The Morgan fingerprint density at radius 3 is 2.50 bits per heavy atom. The van der Waals surface area contributed by atoms with E-state index in [0.29, 0.717) is 12.5 Å². The van der Waals surface area contributed by atoms with E-state index in [0.717, 1.165) is 24.1 Å². The van der Waals surface area contributed by atoms with Crippen molar-refractivity contribution in [2.45, 2.75) is 31.2 Å². The summed E-state index contributed by atoms with van der Waals surface area (Å²) in [6, 6.07) is 15.6. The summed E-state index contributed by atoms with van der Waals surface area (Å²) < 4.78 is 0. The molecular weight excluding hydrogens is 302 g/mol. The van der Waals surface area contributed by atoms with Crippen molar-refractivity contribution in [1.82, 2.24) is 15.6 Å². The molecule has 2 amide bonds. The molecule has 1 aliphatic carbocycles. The summed E-state index contributed by atoms with van der Waals surface area (Å²) >= 11 is 0. The second-order valence-corrected chi connectivity index (χ2v) is 6.05. The smallest absolute Gasteiger partial charge is 0.239 e. The van der Waals surface area contributed by atoms with Crippen LogP contribution in [0.2, 0.25) is 0 Å². The fourth-order valence-electron chi connectivity index (χ4n) is 2.57. The fourth-order valence-corrected chi connectivity index (χ4v) is 2.57. The van der Waals surface area contributed by atoms with Crippen molar-refractivity contribution in [2.24, 2.45) is 0 Å². The van der Waals surface area contributed by atoms with Crippen LogP contribution in [0.1, 0.15) is 30.0 Å². The molecule has 5 heteroatoms. The summed E-state index contributed by atoms with van der Waals surface area (Å²) in [4.78, 5) is 28.7. The Hall–Kier alpha value is -2.69. The van der Waals surface area contributed by atoms with Crippen molar-refractivity contribution >= 4 is 11.8 Å². The van der Waals surface area contributed by atoms with Gasteiger partial charge in [-0.2, -0.15) is 0 Å². The summed E-state index contributed by atoms with van der Waals surface area (Å²) in [7, 11) is 0. The Bertz CT molecular complexity index is 684. The highest BCUT2D eigenvalue weighted by Crippen LogP contribution is 2.20. The minimum absolute atomic E-state index is 0.0148. The van der Waals surface area contributed by atoms with E-state index in [-0.39, 0.29) is 24.3 Å². The van der Waals surface area contributed by atoms with Crippen LogP contribution in [0.5, 0.6) is 0 Å². The molecule has 1 unspecified atom stereocenters. The van der Waals surface area contributed by atoms with E-state index < -0.39 is 0 Å². The third-order valence-electron chi connectivity index (χ3n) is 4.02. The lowest BCUT2D eigenvalue weighted by Crippen LogP contribution is -2.40. The first-order valence-corrected chi connectivity index (χ1v) is 8.24. The van der Waals surface area contributed by atoms with E-state index in [1.165, 1.54) is 0 Å². The van der Waals surface area contributed by atoms with E-state index in [2.05, 4.69) is 15.6 Å². The van der Waals surface area contributed by atoms with Gasteiger partial charge in [0.25, 0.3) is 0 Å². The Morgan fingerprint density at radius 1 is 1.08 bits per heavy atom. The number of carbonyl (C=O) groups excluding carboxylic acids is 2. The summed E-state index contributed by atoms with van der Waals surface area (Å²) in [5.41, 5.74) is 1.77. The van der Waals surface area contributed by atoms with Gasteiger partial charge in [0.1, 0.15) is 0 Å². The van der Waals surface area contributed by atoms with Gasteiger partial charge in [0.2, 0.25) is 11.8 Å². The summed E-state index contributed by atoms with van der Waals surface area (Å²) in [5.74, 6) is -0.650. The van der Waals surface area contributed by atoms with Gasteiger partial charge in [-0.05, 0) is 30.5 Å². The standard InChI is InChI=1S/C19H21N3O2/c23-18(22-15-9-10-15)13-21-19(24)17(14-6-2-1-3-7-14)12-16-8-4-5-11-20-16/h1-8,11,15,17H,9-10,12-13H2,(H,21,24)(H,22,23). The van der Waals surface area contributed by atoms with Crippen LogP contribution in [-0.4, -0.2) is 29.4 Å². The topological polar surface area (TPSA) is 71.1 Å². The van der Waals surface area contributed by atoms with Gasteiger partial charge >= 0.3 is 0 Å². The van der Waals surface area contributed by atoms with Crippen molar-refractivity contribution in [1.29, 1.82) is 0 Å².